The van der Waals surface area contributed by atoms with Gasteiger partial charge in [0.05, 0.1) is 16.8 Å². The van der Waals surface area contributed by atoms with Gasteiger partial charge in [-0.25, -0.2) is 4.98 Å². The predicted octanol–water partition coefficient (Wildman–Crippen LogP) is 2.39. The molecule has 8 nitrogen and oxygen atoms in total. The standard InChI is InChI=1S/C19H23ClN4O4S/c1-22(2)9-4-10-23(16(27)11-24-14(25)7-8-15(24)26)19-21-17-13(28-3)6-5-12(20)18(17)29-19/h5-6H,4,7-11H2,1-3H3. The van der Waals surface area contributed by atoms with Crippen molar-refractivity contribution < 1.29 is 19.1 Å². The van der Waals surface area contributed by atoms with Crippen molar-refractivity contribution in [2.75, 3.05) is 45.7 Å². The highest BCUT2D eigenvalue weighted by Gasteiger charge is 2.33. The summed E-state index contributed by atoms with van der Waals surface area (Å²) in [5, 5.41) is 0.990. The van der Waals surface area contributed by atoms with Gasteiger partial charge < -0.3 is 9.64 Å². The first-order valence-electron chi connectivity index (χ1n) is 9.23. The van der Waals surface area contributed by atoms with Crippen molar-refractivity contribution in [3.63, 3.8) is 0 Å². The van der Waals surface area contributed by atoms with Gasteiger partial charge in [0.25, 0.3) is 0 Å². The van der Waals surface area contributed by atoms with E-state index in [1.54, 1.807) is 19.2 Å². The Kier molecular flexibility index (Phi) is 6.71. The van der Waals surface area contributed by atoms with Crippen molar-refractivity contribution in [3.8, 4) is 5.75 Å². The topological polar surface area (TPSA) is 83.0 Å². The summed E-state index contributed by atoms with van der Waals surface area (Å²) in [5.41, 5.74) is 0.582. The van der Waals surface area contributed by atoms with Gasteiger partial charge in [0, 0.05) is 19.4 Å². The van der Waals surface area contributed by atoms with Crippen LogP contribution in [0.3, 0.4) is 0 Å². The first-order valence-corrected chi connectivity index (χ1v) is 10.4. The molecule has 29 heavy (non-hydrogen) atoms. The van der Waals surface area contributed by atoms with Crippen LogP contribution in [0, 0.1) is 0 Å². The molecule has 0 atom stereocenters. The monoisotopic (exact) mass is 438 g/mol. The quantitative estimate of drug-likeness (QED) is 0.588. The zero-order chi connectivity index (χ0) is 21.1. The number of carbonyl (C=O) groups excluding carboxylic acids is 3. The van der Waals surface area contributed by atoms with Crippen LogP contribution in [-0.4, -0.2) is 73.3 Å². The average Bonchev–Trinajstić information content (AvgIpc) is 3.25. The van der Waals surface area contributed by atoms with Crippen LogP contribution in [0.25, 0.3) is 10.2 Å². The van der Waals surface area contributed by atoms with Gasteiger partial charge in [0.2, 0.25) is 17.7 Å². The smallest absolute Gasteiger partial charge is 0.248 e. The van der Waals surface area contributed by atoms with E-state index >= 15 is 0 Å². The number of anilines is 1. The number of aromatic nitrogens is 1. The van der Waals surface area contributed by atoms with E-state index in [1.807, 2.05) is 19.0 Å². The van der Waals surface area contributed by atoms with E-state index in [0.29, 0.717) is 34.4 Å². The molecule has 1 aliphatic rings. The zero-order valence-corrected chi connectivity index (χ0v) is 18.2. The molecule has 3 rings (SSSR count). The molecule has 1 aromatic carbocycles. The van der Waals surface area contributed by atoms with Crippen LogP contribution in [0.5, 0.6) is 5.75 Å². The van der Waals surface area contributed by atoms with E-state index in [0.717, 1.165) is 16.1 Å². The first-order chi connectivity index (χ1) is 13.8. The molecular formula is C19H23ClN4O4S. The van der Waals surface area contributed by atoms with Crippen LogP contribution in [0.15, 0.2) is 12.1 Å². The van der Waals surface area contributed by atoms with Gasteiger partial charge in [-0.3, -0.25) is 24.2 Å². The lowest BCUT2D eigenvalue weighted by Crippen LogP contribution is -2.43. The van der Waals surface area contributed by atoms with Crippen LogP contribution in [0.4, 0.5) is 5.13 Å². The molecule has 0 N–H and O–H groups in total. The molecule has 10 heteroatoms. The van der Waals surface area contributed by atoms with Crippen molar-refractivity contribution >= 4 is 56.0 Å². The summed E-state index contributed by atoms with van der Waals surface area (Å²) in [6.45, 7) is 0.910. The lowest BCUT2D eigenvalue weighted by atomic mass is 10.3. The SMILES string of the molecule is COc1ccc(Cl)c2sc(N(CCCN(C)C)C(=O)CN3C(=O)CCC3=O)nc12. The van der Waals surface area contributed by atoms with Crippen LogP contribution in [-0.2, 0) is 14.4 Å². The molecule has 0 saturated carbocycles. The molecule has 1 fully saturated rings. The van der Waals surface area contributed by atoms with E-state index in [9.17, 15) is 14.4 Å². The van der Waals surface area contributed by atoms with Crippen molar-refractivity contribution in [1.82, 2.24) is 14.8 Å². The van der Waals surface area contributed by atoms with Gasteiger partial charge in [-0.05, 0) is 39.2 Å². The minimum Gasteiger partial charge on any atom is -0.494 e. The number of nitrogens with zero attached hydrogens (tertiary/aromatic N) is 4. The van der Waals surface area contributed by atoms with E-state index in [1.165, 1.54) is 16.2 Å². The Hall–Kier alpha value is -2.23. The van der Waals surface area contributed by atoms with Gasteiger partial charge in [0.15, 0.2) is 5.13 Å². The molecule has 3 amide bonds. The molecule has 0 radical (unpaired) electrons. The fraction of sp³-hybridized carbons (Fsp3) is 0.474. The summed E-state index contributed by atoms with van der Waals surface area (Å²) in [7, 11) is 5.46. The van der Waals surface area contributed by atoms with E-state index in [2.05, 4.69) is 4.98 Å². The number of rotatable bonds is 8. The number of imide groups is 1. The van der Waals surface area contributed by atoms with Gasteiger partial charge in [-0.2, -0.15) is 0 Å². The fourth-order valence-corrected chi connectivity index (χ4v) is 4.41. The highest BCUT2D eigenvalue weighted by molar-refractivity contribution is 7.23. The maximum absolute atomic E-state index is 13.1. The summed E-state index contributed by atoms with van der Waals surface area (Å²) >= 11 is 7.60. The third kappa shape index (κ3) is 4.68. The Morgan fingerprint density at radius 2 is 1.93 bits per heavy atom. The number of thiazole rings is 1. The van der Waals surface area contributed by atoms with Gasteiger partial charge in [-0.15, -0.1) is 0 Å². The highest BCUT2D eigenvalue weighted by atomic mass is 35.5. The minimum atomic E-state index is -0.346. The molecule has 0 aliphatic carbocycles. The number of fused-ring (bicyclic) bond motifs is 1. The van der Waals surface area contributed by atoms with E-state index < -0.39 is 0 Å². The molecule has 1 aromatic heterocycles. The molecule has 2 aromatic rings. The lowest BCUT2D eigenvalue weighted by Gasteiger charge is -2.23. The Bertz CT molecular complexity index is 930. The number of likely N-dealkylation sites (tertiary alicyclic amines) is 1. The number of hydrogen-bond acceptors (Lipinski definition) is 7. The van der Waals surface area contributed by atoms with Gasteiger partial charge >= 0.3 is 0 Å². The van der Waals surface area contributed by atoms with Crippen LogP contribution in [0.2, 0.25) is 5.02 Å². The van der Waals surface area contributed by atoms with E-state index in [-0.39, 0.29) is 37.1 Å². The highest BCUT2D eigenvalue weighted by Crippen LogP contribution is 2.38. The van der Waals surface area contributed by atoms with Crippen LogP contribution in [0.1, 0.15) is 19.3 Å². The molecule has 0 spiro atoms. The van der Waals surface area contributed by atoms with Crippen molar-refractivity contribution in [2.45, 2.75) is 19.3 Å². The number of methoxy groups -OCH3 is 1. The third-order valence-electron chi connectivity index (χ3n) is 4.63. The minimum absolute atomic E-state index is 0.153. The molecule has 1 saturated heterocycles. The van der Waals surface area contributed by atoms with Crippen LogP contribution < -0.4 is 9.64 Å². The Morgan fingerprint density at radius 1 is 1.24 bits per heavy atom. The predicted molar refractivity (Wildman–Crippen MR) is 113 cm³/mol. The normalized spacial score (nSPS) is 14.3. The van der Waals surface area contributed by atoms with E-state index in [4.69, 9.17) is 16.3 Å². The number of benzene rings is 1. The van der Waals surface area contributed by atoms with Gasteiger partial charge in [-0.1, -0.05) is 22.9 Å². The Labute approximate surface area is 178 Å². The van der Waals surface area contributed by atoms with Crippen molar-refractivity contribution in [3.05, 3.63) is 17.2 Å². The molecule has 0 bridgehead atoms. The lowest BCUT2D eigenvalue weighted by molar-refractivity contribution is -0.141. The summed E-state index contributed by atoms with van der Waals surface area (Å²) in [5.74, 6) is -0.407. The largest absolute Gasteiger partial charge is 0.494 e. The second-order valence-electron chi connectivity index (χ2n) is 7.00. The fourth-order valence-electron chi connectivity index (χ4n) is 3.11. The number of halogens is 1. The maximum atomic E-state index is 13.1. The summed E-state index contributed by atoms with van der Waals surface area (Å²) in [4.78, 5) is 46.1. The van der Waals surface area contributed by atoms with Crippen LogP contribution >= 0.6 is 22.9 Å². The number of carbonyl (C=O) groups is 3. The Balaban J connectivity index is 1.91. The molecule has 1 aliphatic heterocycles. The number of ether oxygens (including phenoxy) is 1. The Morgan fingerprint density at radius 3 is 2.55 bits per heavy atom. The molecular weight excluding hydrogens is 416 g/mol. The van der Waals surface area contributed by atoms with Gasteiger partial charge in [0.1, 0.15) is 17.8 Å². The third-order valence-corrected chi connectivity index (χ3v) is 6.17. The molecule has 2 heterocycles. The van der Waals surface area contributed by atoms with Crippen molar-refractivity contribution in [2.24, 2.45) is 0 Å². The summed E-state index contributed by atoms with van der Waals surface area (Å²) in [6.07, 6.45) is 1.02. The number of amides is 3. The molecule has 156 valence electrons. The van der Waals surface area contributed by atoms with Crippen molar-refractivity contribution in [1.29, 1.82) is 0 Å². The summed E-state index contributed by atoms with van der Waals surface area (Å²) in [6, 6.07) is 3.46. The first kappa shape index (κ1) is 21.5. The number of hydrogen-bond donors (Lipinski definition) is 0. The zero-order valence-electron chi connectivity index (χ0n) is 16.6. The second kappa shape index (κ2) is 9.06. The second-order valence-corrected chi connectivity index (χ2v) is 8.38. The average molecular weight is 439 g/mol. The molecule has 0 unspecified atom stereocenters. The summed E-state index contributed by atoms with van der Waals surface area (Å²) < 4.78 is 6.08. The maximum Gasteiger partial charge on any atom is 0.248 e.